The smallest absolute Gasteiger partial charge is 0.410 e. The summed E-state index contributed by atoms with van der Waals surface area (Å²) in [6.07, 6.45) is 1.28. The Morgan fingerprint density at radius 3 is 2.39 bits per heavy atom. The number of benzene rings is 2. The minimum Gasteiger partial charge on any atom is -0.444 e. The number of piperazine rings is 1. The highest BCUT2D eigenvalue weighted by molar-refractivity contribution is 7.90. The van der Waals surface area contributed by atoms with Crippen molar-refractivity contribution in [2.24, 2.45) is 0 Å². The Balaban J connectivity index is 1.39. The third kappa shape index (κ3) is 9.07. The Morgan fingerprint density at radius 2 is 1.76 bits per heavy atom. The van der Waals surface area contributed by atoms with Gasteiger partial charge in [-0.15, -0.1) is 11.3 Å². The first kappa shape index (κ1) is 38.2. The average Bonchev–Trinajstić information content (AvgIpc) is 3.51. The van der Waals surface area contributed by atoms with Gasteiger partial charge in [0.2, 0.25) is 5.95 Å². The fourth-order valence-electron chi connectivity index (χ4n) is 5.15. The van der Waals surface area contributed by atoms with Crippen LogP contribution in [0.5, 0.6) is 0 Å². The lowest BCUT2D eigenvalue weighted by molar-refractivity contribution is 0.0240. The Morgan fingerprint density at radius 1 is 1.06 bits per heavy atom. The Hall–Kier alpha value is -4.05. The van der Waals surface area contributed by atoms with E-state index in [4.69, 9.17) is 26.3 Å². The molecule has 0 bridgehead atoms. The van der Waals surface area contributed by atoms with Gasteiger partial charge in [0.15, 0.2) is 5.82 Å². The number of nitrogens with zero attached hydrogens (tertiary/aromatic N) is 6. The standard InChI is InChI=1S/C35H44ClFN8O4S2/c1-9-43(8)51(47,48)42-25-12-10-11-23(28(25)37)29-30(50-31(41-29)34(2,3)4)26-15-16-38-32(40-26)39-22-13-14-27(24(36)21-22)44-17-19-45(20-18-44)33(46)49-35(5,6)7/h10-16,21,42H,9,17-20H2,1-8H3,(H,38,39,40). The summed E-state index contributed by atoms with van der Waals surface area (Å²) in [6.45, 7) is 15.8. The van der Waals surface area contributed by atoms with Crippen molar-refractivity contribution in [2.45, 2.75) is 59.5 Å². The van der Waals surface area contributed by atoms with E-state index in [0.29, 0.717) is 59.1 Å². The molecular formula is C35H44ClFN8O4S2. The van der Waals surface area contributed by atoms with Crippen LogP contribution in [0, 0.1) is 5.82 Å². The number of aromatic nitrogens is 3. The normalized spacial score (nSPS) is 14.2. The second kappa shape index (κ2) is 14.9. The molecule has 1 fully saturated rings. The quantitative estimate of drug-likeness (QED) is 0.176. The second-order valence-corrected chi connectivity index (χ2v) is 17.3. The highest BCUT2D eigenvalue weighted by Gasteiger charge is 2.29. The number of carbonyl (C=O) groups excluding carboxylic acids is 1. The van der Waals surface area contributed by atoms with Crippen LogP contribution in [0.15, 0.2) is 48.7 Å². The zero-order valence-electron chi connectivity index (χ0n) is 30.0. The van der Waals surface area contributed by atoms with Gasteiger partial charge in [-0.1, -0.05) is 45.4 Å². The van der Waals surface area contributed by atoms with E-state index in [1.165, 1.54) is 24.5 Å². The van der Waals surface area contributed by atoms with E-state index in [-0.39, 0.29) is 29.3 Å². The molecule has 2 N–H and O–H groups in total. The molecule has 12 nitrogen and oxygen atoms in total. The van der Waals surface area contributed by atoms with Gasteiger partial charge >= 0.3 is 16.3 Å². The highest BCUT2D eigenvalue weighted by atomic mass is 35.5. The predicted octanol–water partition coefficient (Wildman–Crippen LogP) is 7.77. The number of halogens is 2. The third-order valence-corrected chi connectivity index (χ3v) is 11.3. The molecule has 2 aromatic heterocycles. The summed E-state index contributed by atoms with van der Waals surface area (Å²) in [7, 11) is -2.54. The van der Waals surface area contributed by atoms with Gasteiger partial charge in [0.05, 0.1) is 37.7 Å². The van der Waals surface area contributed by atoms with E-state index in [9.17, 15) is 13.2 Å². The van der Waals surface area contributed by atoms with Gasteiger partial charge < -0.3 is 19.9 Å². The van der Waals surface area contributed by atoms with Gasteiger partial charge in [-0.2, -0.15) is 12.7 Å². The van der Waals surface area contributed by atoms with Crippen molar-refractivity contribution >= 4 is 62.3 Å². The summed E-state index contributed by atoms with van der Waals surface area (Å²) in [6, 6.07) is 11.8. The molecule has 2 aromatic carbocycles. The molecule has 0 radical (unpaired) electrons. The number of anilines is 4. The maximum atomic E-state index is 16.1. The first-order valence-electron chi connectivity index (χ1n) is 16.5. The number of carbonyl (C=O) groups is 1. The largest absolute Gasteiger partial charge is 0.444 e. The molecule has 1 saturated heterocycles. The topological polar surface area (TPSA) is 133 Å². The maximum Gasteiger partial charge on any atom is 0.410 e. The highest BCUT2D eigenvalue weighted by Crippen LogP contribution is 2.42. The third-order valence-electron chi connectivity index (χ3n) is 7.98. The van der Waals surface area contributed by atoms with Gasteiger partial charge in [0.1, 0.15) is 5.60 Å². The van der Waals surface area contributed by atoms with Crippen molar-refractivity contribution in [3.8, 4) is 21.8 Å². The van der Waals surface area contributed by atoms with E-state index in [0.717, 1.165) is 15.0 Å². The van der Waals surface area contributed by atoms with Crippen molar-refractivity contribution in [1.82, 2.24) is 24.2 Å². The molecule has 0 aliphatic carbocycles. The predicted molar refractivity (Wildman–Crippen MR) is 203 cm³/mol. The van der Waals surface area contributed by atoms with Crippen molar-refractivity contribution in [2.75, 3.05) is 54.7 Å². The molecule has 1 amide bonds. The van der Waals surface area contributed by atoms with Crippen LogP contribution in [0.4, 0.5) is 32.2 Å². The molecular weight excluding hydrogens is 715 g/mol. The first-order valence-corrected chi connectivity index (χ1v) is 19.2. The number of nitrogens with one attached hydrogen (secondary N) is 2. The fourth-order valence-corrected chi connectivity index (χ4v) is 7.49. The zero-order valence-corrected chi connectivity index (χ0v) is 32.4. The number of rotatable bonds is 9. The average molecular weight is 759 g/mol. The van der Waals surface area contributed by atoms with E-state index < -0.39 is 21.6 Å². The molecule has 4 aromatic rings. The minimum atomic E-state index is -3.96. The zero-order chi connectivity index (χ0) is 37.3. The molecule has 16 heteroatoms. The molecule has 3 heterocycles. The van der Waals surface area contributed by atoms with Crippen LogP contribution in [0.2, 0.25) is 5.02 Å². The van der Waals surface area contributed by atoms with Gasteiger partial charge in [0.25, 0.3) is 0 Å². The van der Waals surface area contributed by atoms with Crippen LogP contribution in [-0.2, 0) is 20.4 Å². The summed E-state index contributed by atoms with van der Waals surface area (Å²) in [4.78, 5) is 30.9. The van der Waals surface area contributed by atoms with Crippen molar-refractivity contribution in [1.29, 1.82) is 0 Å². The van der Waals surface area contributed by atoms with E-state index in [1.54, 1.807) is 42.3 Å². The van der Waals surface area contributed by atoms with Crippen molar-refractivity contribution < 1.29 is 22.3 Å². The number of hydrogen-bond donors (Lipinski definition) is 2. The molecule has 1 aliphatic heterocycles. The summed E-state index contributed by atoms with van der Waals surface area (Å²) in [5, 5.41) is 4.50. The van der Waals surface area contributed by atoms with E-state index >= 15 is 4.39 Å². The molecule has 5 rings (SSSR count). The Kier molecular flexibility index (Phi) is 11.2. The molecule has 0 atom stereocenters. The molecule has 274 valence electrons. The van der Waals surface area contributed by atoms with Gasteiger partial charge in [-0.3, -0.25) is 4.72 Å². The lowest BCUT2D eigenvalue weighted by Gasteiger charge is -2.37. The minimum absolute atomic E-state index is 0.138. The number of hydrogen-bond acceptors (Lipinski definition) is 10. The summed E-state index contributed by atoms with van der Waals surface area (Å²) >= 11 is 8.14. The number of amides is 1. The lowest BCUT2D eigenvalue weighted by atomic mass is 9.98. The monoisotopic (exact) mass is 758 g/mol. The van der Waals surface area contributed by atoms with Gasteiger partial charge in [-0.25, -0.2) is 24.1 Å². The summed E-state index contributed by atoms with van der Waals surface area (Å²) in [5.74, 6) is -0.450. The van der Waals surface area contributed by atoms with Crippen LogP contribution < -0.4 is 14.9 Å². The number of thiazole rings is 1. The Bertz CT molecular complexity index is 2010. The van der Waals surface area contributed by atoms with E-state index in [1.807, 2.05) is 53.7 Å². The van der Waals surface area contributed by atoms with Crippen molar-refractivity contribution in [3.63, 3.8) is 0 Å². The molecule has 0 unspecified atom stereocenters. The van der Waals surface area contributed by atoms with Gasteiger partial charge in [0, 0.05) is 62.6 Å². The first-order chi connectivity index (χ1) is 23.9. The van der Waals surface area contributed by atoms with Crippen LogP contribution in [0.1, 0.15) is 53.5 Å². The van der Waals surface area contributed by atoms with E-state index in [2.05, 4.69) is 19.9 Å². The number of ether oxygens (including phenoxy) is 1. The maximum absolute atomic E-state index is 16.1. The summed E-state index contributed by atoms with van der Waals surface area (Å²) in [5.41, 5.74) is 1.41. The lowest BCUT2D eigenvalue weighted by Crippen LogP contribution is -2.50. The molecule has 1 aliphatic rings. The van der Waals surface area contributed by atoms with Gasteiger partial charge in [-0.05, 0) is 57.2 Å². The van der Waals surface area contributed by atoms with Crippen LogP contribution in [0.3, 0.4) is 0 Å². The van der Waals surface area contributed by atoms with Crippen LogP contribution in [0.25, 0.3) is 21.8 Å². The van der Waals surface area contributed by atoms with Crippen LogP contribution >= 0.6 is 22.9 Å². The molecule has 0 spiro atoms. The van der Waals surface area contributed by atoms with Crippen LogP contribution in [-0.4, -0.2) is 84.0 Å². The fraction of sp³-hybridized carbons (Fsp3) is 0.429. The Labute approximate surface area is 308 Å². The van der Waals surface area contributed by atoms with Crippen molar-refractivity contribution in [3.05, 3.63) is 64.5 Å². The summed E-state index contributed by atoms with van der Waals surface area (Å²) < 4.78 is 50.5. The second-order valence-electron chi connectivity index (χ2n) is 14.1. The molecule has 51 heavy (non-hydrogen) atoms. The molecule has 0 saturated carbocycles. The SMILES string of the molecule is CCN(C)S(=O)(=O)Nc1cccc(-c2nc(C(C)(C)C)sc2-c2ccnc(Nc3ccc(N4CCN(C(=O)OC(C)(C)C)CC4)c(Cl)c3)n2)c1F.